The van der Waals surface area contributed by atoms with E-state index in [1.54, 1.807) is 0 Å². The lowest BCUT2D eigenvalue weighted by Gasteiger charge is -2.09. The third-order valence-electron chi connectivity index (χ3n) is 5.61. The summed E-state index contributed by atoms with van der Waals surface area (Å²) in [6.45, 7) is 4.55. The van der Waals surface area contributed by atoms with E-state index in [1.165, 1.54) is 50.0 Å². The Kier molecular flexibility index (Phi) is 4.09. The molecule has 0 bridgehead atoms. The summed E-state index contributed by atoms with van der Waals surface area (Å²) in [6, 6.07) is 24.2. The second kappa shape index (κ2) is 6.61. The lowest BCUT2D eigenvalue weighted by molar-refractivity contribution is 0.987. The van der Waals surface area contributed by atoms with Gasteiger partial charge in [-0.2, -0.15) is 0 Å². The molecule has 1 aliphatic rings. The van der Waals surface area contributed by atoms with Crippen LogP contribution in [-0.2, 0) is 0 Å². The summed E-state index contributed by atoms with van der Waals surface area (Å²) in [6.07, 6.45) is 3.53. The zero-order chi connectivity index (χ0) is 18.4. The van der Waals surface area contributed by atoms with Gasteiger partial charge < -0.3 is 4.98 Å². The number of fused-ring (bicyclic) bond motifs is 1. The van der Waals surface area contributed by atoms with Crippen molar-refractivity contribution in [1.29, 1.82) is 0 Å². The third-order valence-corrected chi connectivity index (χ3v) is 7.16. The zero-order valence-corrected chi connectivity index (χ0v) is 16.5. The van der Waals surface area contributed by atoms with Crippen LogP contribution < -0.4 is 0 Å². The molecule has 1 fully saturated rings. The van der Waals surface area contributed by atoms with Gasteiger partial charge in [0.2, 0.25) is 0 Å². The van der Waals surface area contributed by atoms with Crippen molar-refractivity contribution in [2.75, 3.05) is 0 Å². The Morgan fingerprint density at radius 1 is 0.889 bits per heavy atom. The number of thioether (sulfide) groups is 1. The van der Waals surface area contributed by atoms with Gasteiger partial charge in [0.1, 0.15) is 0 Å². The summed E-state index contributed by atoms with van der Waals surface area (Å²) in [7, 11) is 0. The van der Waals surface area contributed by atoms with Crippen LogP contribution in [-0.4, -0.2) is 10.2 Å². The van der Waals surface area contributed by atoms with Crippen LogP contribution >= 0.6 is 11.8 Å². The maximum absolute atomic E-state index is 3.47. The molecule has 4 aromatic rings. The Balaban J connectivity index is 1.52. The van der Waals surface area contributed by atoms with Crippen LogP contribution in [0.4, 0.5) is 0 Å². The van der Waals surface area contributed by atoms with E-state index in [2.05, 4.69) is 91.8 Å². The first-order valence-electron chi connectivity index (χ1n) is 9.63. The standard InChI is InChI=1S/C25H23NS/c1-16-12-23-22(25(15-26-23)27-24-13-17(24)2)14-21(16)20-10-8-19(9-11-20)18-6-4-3-5-7-18/h3-12,14-15,17,24,26H,13H2,1-2H3. The minimum atomic E-state index is 0.791. The van der Waals surface area contributed by atoms with Gasteiger partial charge >= 0.3 is 0 Å². The summed E-state index contributed by atoms with van der Waals surface area (Å²) >= 11 is 2.03. The van der Waals surface area contributed by atoms with Gasteiger partial charge in [-0.05, 0) is 59.2 Å². The van der Waals surface area contributed by atoms with Crippen molar-refractivity contribution in [3.05, 3.63) is 78.5 Å². The fraction of sp³-hybridized carbons (Fsp3) is 0.200. The minimum absolute atomic E-state index is 0.791. The van der Waals surface area contributed by atoms with Crippen LogP contribution in [0, 0.1) is 12.8 Å². The Hall–Kier alpha value is -2.45. The maximum Gasteiger partial charge on any atom is 0.0468 e. The van der Waals surface area contributed by atoms with Crippen molar-refractivity contribution >= 4 is 22.7 Å². The Labute approximate surface area is 164 Å². The van der Waals surface area contributed by atoms with Crippen LogP contribution in [0.5, 0.6) is 0 Å². The predicted molar refractivity (Wildman–Crippen MR) is 117 cm³/mol. The quantitative estimate of drug-likeness (QED) is 0.399. The van der Waals surface area contributed by atoms with E-state index in [4.69, 9.17) is 0 Å². The van der Waals surface area contributed by atoms with E-state index in [9.17, 15) is 0 Å². The SMILES string of the molecule is Cc1cc2[nH]cc(SC3CC3C)c2cc1-c1ccc(-c2ccccc2)cc1. The highest BCUT2D eigenvalue weighted by molar-refractivity contribution is 8.00. The van der Waals surface area contributed by atoms with Gasteiger partial charge in [0.25, 0.3) is 0 Å². The van der Waals surface area contributed by atoms with Crippen molar-refractivity contribution in [1.82, 2.24) is 4.98 Å². The fourth-order valence-electron chi connectivity index (χ4n) is 3.75. The second-order valence-electron chi connectivity index (χ2n) is 7.68. The molecule has 1 heterocycles. The molecule has 0 saturated heterocycles. The minimum Gasteiger partial charge on any atom is -0.360 e. The van der Waals surface area contributed by atoms with E-state index in [1.807, 2.05) is 11.8 Å². The first-order valence-corrected chi connectivity index (χ1v) is 10.5. The first-order chi connectivity index (χ1) is 13.2. The summed E-state index contributed by atoms with van der Waals surface area (Å²) in [5, 5.41) is 2.14. The van der Waals surface area contributed by atoms with E-state index in [-0.39, 0.29) is 0 Å². The van der Waals surface area contributed by atoms with Crippen molar-refractivity contribution in [2.45, 2.75) is 30.4 Å². The van der Waals surface area contributed by atoms with Crippen LogP contribution in [0.25, 0.3) is 33.2 Å². The Morgan fingerprint density at radius 3 is 2.26 bits per heavy atom. The van der Waals surface area contributed by atoms with Gasteiger partial charge in [0, 0.05) is 27.2 Å². The highest BCUT2D eigenvalue weighted by Gasteiger charge is 2.34. The van der Waals surface area contributed by atoms with E-state index < -0.39 is 0 Å². The van der Waals surface area contributed by atoms with Crippen LogP contribution in [0.2, 0.25) is 0 Å². The highest BCUT2D eigenvalue weighted by atomic mass is 32.2. The van der Waals surface area contributed by atoms with Gasteiger partial charge in [0.05, 0.1) is 0 Å². The van der Waals surface area contributed by atoms with E-state index in [0.29, 0.717) is 0 Å². The van der Waals surface area contributed by atoms with Crippen LogP contribution in [0.3, 0.4) is 0 Å². The highest BCUT2D eigenvalue weighted by Crippen LogP contribution is 2.47. The molecule has 2 atom stereocenters. The monoisotopic (exact) mass is 369 g/mol. The zero-order valence-electron chi connectivity index (χ0n) is 15.7. The fourth-order valence-corrected chi connectivity index (χ4v) is 5.13. The number of aryl methyl sites for hydroxylation is 1. The van der Waals surface area contributed by atoms with Crippen molar-refractivity contribution in [3.63, 3.8) is 0 Å². The summed E-state index contributed by atoms with van der Waals surface area (Å²) in [5.74, 6) is 0.857. The third kappa shape index (κ3) is 3.19. The molecule has 2 unspecified atom stereocenters. The molecule has 0 spiro atoms. The lowest BCUT2D eigenvalue weighted by Crippen LogP contribution is -1.85. The molecule has 5 rings (SSSR count). The molecule has 0 amide bonds. The number of aromatic nitrogens is 1. The van der Waals surface area contributed by atoms with E-state index in [0.717, 1.165) is 11.2 Å². The first kappa shape index (κ1) is 16.7. The molecule has 2 heteroatoms. The topological polar surface area (TPSA) is 15.8 Å². The molecule has 27 heavy (non-hydrogen) atoms. The summed E-state index contributed by atoms with van der Waals surface area (Å²) in [4.78, 5) is 4.86. The smallest absolute Gasteiger partial charge is 0.0468 e. The molecular formula is C25H23NS. The number of aromatic amines is 1. The number of nitrogens with one attached hydrogen (secondary N) is 1. The van der Waals surface area contributed by atoms with Gasteiger partial charge in [-0.25, -0.2) is 0 Å². The van der Waals surface area contributed by atoms with Crippen molar-refractivity contribution in [2.24, 2.45) is 5.92 Å². The van der Waals surface area contributed by atoms with Crippen LogP contribution in [0.1, 0.15) is 18.9 Å². The Morgan fingerprint density at radius 2 is 1.56 bits per heavy atom. The number of hydrogen-bond donors (Lipinski definition) is 1. The predicted octanol–water partition coefficient (Wildman–Crippen LogP) is 7.31. The number of rotatable bonds is 4. The summed E-state index contributed by atoms with van der Waals surface area (Å²) < 4.78 is 0. The number of H-pyrrole nitrogens is 1. The van der Waals surface area contributed by atoms with E-state index >= 15 is 0 Å². The molecule has 1 saturated carbocycles. The molecule has 1 aliphatic carbocycles. The lowest BCUT2D eigenvalue weighted by atomic mass is 9.96. The number of hydrogen-bond acceptors (Lipinski definition) is 1. The Bertz CT molecular complexity index is 1090. The van der Waals surface area contributed by atoms with Gasteiger partial charge in [-0.1, -0.05) is 61.5 Å². The molecule has 1 aromatic heterocycles. The molecule has 0 radical (unpaired) electrons. The molecule has 1 N–H and O–H groups in total. The van der Waals surface area contributed by atoms with Gasteiger partial charge in [-0.15, -0.1) is 11.8 Å². The van der Waals surface area contributed by atoms with Gasteiger partial charge in [-0.3, -0.25) is 0 Å². The molecular weight excluding hydrogens is 346 g/mol. The molecule has 0 aliphatic heterocycles. The van der Waals surface area contributed by atoms with Crippen LogP contribution in [0.15, 0.2) is 77.8 Å². The molecule has 3 aromatic carbocycles. The normalized spacial score (nSPS) is 18.7. The molecule has 134 valence electrons. The van der Waals surface area contributed by atoms with Crippen molar-refractivity contribution < 1.29 is 0 Å². The van der Waals surface area contributed by atoms with Gasteiger partial charge in [0.15, 0.2) is 0 Å². The number of benzene rings is 3. The average Bonchev–Trinajstić information content (AvgIpc) is 3.26. The summed E-state index contributed by atoms with van der Waals surface area (Å²) in [5.41, 5.74) is 7.69. The molecule has 1 nitrogen and oxygen atoms in total. The average molecular weight is 370 g/mol. The van der Waals surface area contributed by atoms with Crippen molar-refractivity contribution in [3.8, 4) is 22.3 Å². The maximum atomic E-state index is 3.47. The largest absolute Gasteiger partial charge is 0.360 e. The second-order valence-corrected chi connectivity index (χ2v) is 8.96.